The van der Waals surface area contributed by atoms with Crippen molar-refractivity contribution in [3.8, 4) is 34.8 Å². The summed E-state index contributed by atoms with van der Waals surface area (Å²) in [5.41, 5.74) is -0.817. The van der Waals surface area contributed by atoms with E-state index in [9.17, 15) is 8.42 Å². The van der Waals surface area contributed by atoms with Crippen LogP contribution < -0.4 is 19.3 Å². The van der Waals surface area contributed by atoms with Gasteiger partial charge in [-0.1, -0.05) is 6.07 Å². The lowest BCUT2D eigenvalue weighted by molar-refractivity contribution is 0.00492. The van der Waals surface area contributed by atoms with E-state index in [0.717, 1.165) is 5.56 Å². The molecule has 4 rings (SSSR count). The molecule has 0 fully saturated rings. The number of primary sulfonamides is 1. The number of hydrogen-bond donors (Lipinski definition) is 1. The molecule has 15 nitrogen and oxygen atoms in total. The molecule has 0 saturated carbocycles. The number of nitrogens with two attached hydrogens (primary N) is 1. The second kappa shape index (κ2) is 10.8. The van der Waals surface area contributed by atoms with E-state index in [0.29, 0.717) is 11.6 Å². The highest BCUT2D eigenvalue weighted by atomic mass is 32.2. The first-order valence-corrected chi connectivity index (χ1v) is 13.0. The zero-order valence-corrected chi connectivity index (χ0v) is 22.9. The molecule has 2 atom stereocenters. The van der Waals surface area contributed by atoms with Crippen LogP contribution in [0, 0.1) is 6.92 Å². The van der Waals surface area contributed by atoms with Crippen LogP contribution in [-0.2, 0) is 20.4 Å². The number of rotatable bonds is 10. The maximum Gasteiger partial charge on any atom is 0.245 e. The van der Waals surface area contributed by atoms with Crippen LogP contribution in [-0.4, -0.2) is 81.8 Å². The summed E-state index contributed by atoms with van der Waals surface area (Å²) in [4.78, 5) is 21.7. The zero-order valence-electron chi connectivity index (χ0n) is 22.1. The Bertz CT molecular complexity index is 1560. The van der Waals surface area contributed by atoms with E-state index in [2.05, 4.69) is 35.1 Å². The van der Waals surface area contributed by atoms with Gasteiger partial charge in [-0.25, -0.2) is 28.5 Å². The maximum atomic E-state index is 12.9. The lowest BCUT2D eigenvalue weighted by atomic mass is 9.96. The average Bonchev–Trinajstić information content (AvgIpc) is 3.38. The monoisotopic (exact) mass is 557 g/mol. The Labute approximate surface area is 224 Å². The van der Waals surface area contributed by atoms with E-state index in [1.165, 1.54) is 58.7 Å². The number of pyridine rings is 1. The lowest BCUT2D eigenvalue weighted by Gasteiger charge is -2.34. The molecule has 0 spiro atoms. The van der Waals surface area contributed by atoms with Crippen molar-refractivity contribution in [3.05, 3.63) is 54.1 Å². The zero-order chi connectivity index (χ0) is 28.4. The van der Waals surface area contributed by atoms with Crippen LogP contribution in [0.1, 0.15) is 24.1 Å². The van der Waals surface area contributed by atoms with Gasteiger partial charge >= 0.3 is 0 Å². The largest absolute Gasteiger partial charge is 0.481 e. The van der Waals surface area contributed by atoms with Gasteiger partial charge in [-0.05, 0) is 25.5 Å². The molecule has 0 aliphatic carbocycles. The quantitative estimate of drug-likeness (QED) is 0.288. The Hall–Kier alpha value is -4.28. The summed E-state index contributed by atoms with van der Waals surface area (Å²) in [6, 6.07) is 5.02. The Morgan fingerprint density at radius 1 is 0.949 bits per heavy atom. The van der Waals surface area contributed by atoms with E-state index < -0.39 is 20.9 Å². The van der Waals surface area contributed by atoms with Crippen LogP contribution in [0.5, 0.6) is 17.6 Å². The van der Waals surface area contributed by atoms with Crippen LogP contribution >= 0.6 is 0 Å². The molecule has 0 bridgehead atoms. The van der Waals surface area contributed by atoms with Gasteiger partial charge in [0, 0.05) is 25.6 Å². The van der Waals surface area contributed by atoms with E-state index in [1.807, 2.05) is 0 Å². The molecular formula is C23H27N9O6S. The number of methoxy groups -OCH3 is 4. The smallest absolute Gasteiger partial charge is 0.245 e. The highest BCUT2D eigenvalue weighted by Gasteiger charge is 2.53. The first-order chi connectivity index (χ1) is 18.6. The number of hydrogen-bond acceptors (Lipinski definition) is 13. The normalized spacial score (nSPS) is 13.9. The molecular weight excluding hydrogens is 530 g/mol. The van der Waals surface area contributed by atoms with Crippen molar-refractivity contribution in [1.29, 1.82) is 0 Å². The Kier molecular flexibility index (Phi) is 7.71. The van der Waals surface area contributed by atoms with Gasteiger partial charge in [0.2, 0.25) is 33.3 Å². The van der Waals surface area contributed by atoms with Crippen LogP contribution in [0.25, 0.3) is 17.2 Å². The average molecular weight is 558 g/mol. The van der Waals surface area contributed by atoms with Gasteiger partial charge in [0.05, 0.1) is 21.3 Å². The van der Waals surface area contributed by atoms with Crippen molar-refractivity contribution in [2.75, 3.05) is 28.4 Å². The minimum atomic E-state index is -4.29. The molecule has 0 aromatic carbocycles. The van der Waals surface area contributed by atoms with Gasteiger partial charge in [-0.15, -0.1) is 10.2 Å². The molecule has 2 N–H and O–H groups in total. The van der Waals surface area contributed by atoms with Gasteiger partial charge in [-0.2, -0.15) is 9.97 Å². The number of nitrogens with zero attached hydrogens (tertiary/aromatic N) is 8. The lowest BCUT2D eigenvalue weighted by Crippen LogP contribution is -2.50. The topological polar surface area (TPSA) is 192 Å². The molecule has 16 heteroatoms. The molecule has 4 aromatic rings. The molecule has 0 aliphatic rings. The van der Waals surface area contributed by atoms with E-state index in [1.54, 1.807) is 25.1 Å². The summed E-state index contributed by atoms with van der Waals surface area (Å²) >= 11 is 0. The summed E-state index contributed by atoms with van der Waals surface area (Å²) in [7, 11) is 1.28. The van der Waals surface area contributed by atoms with Crippen LogP contribution in [0.4, 0.5) is 0 Å². The molecule has 0 amide bonds. The van der Waals surface area contributed by atoms with Crippen LogP contribution in [0.2, 0.25) is 0 Å². The first kappa shape index (κ1) is 27.7. The first-order valence-electron chi connectivity index (χ1n) is 11.4. The van der Waals surface area contributed by atoms with E-state index >= 15 is 0 Å². The number of sulfonamides is 1. The van der Waals surface area contributed by atoms with E-state index in [-0.39, 0.29) is 34.9 Å². The van der Waals surface area contributed by atoms with E-state index in [4.69, 9.17) is 24.1 Å². The maximum absolute atomic E-state index is 12.9. The van der Waals surface area contributed by atoms with Gasteiger partial charge in [0.15, 0.2) is 23.2 Å². The Morgan fingerprint density at radius 3 is 2.13 bits per heavy atom. The third-order valence-electron chi connectivity index (χ3n) is 6.02. The van der Waals surface area contributed by atoms with Crippen molar-refractivity contribution in [3.63, 3.8) is 0 Å². The Morgan fingerprint density at radius 2 is 1.59 bits per heavy atom. The van der Waals surface area contributed by atoms with Gasteiger partial charge in [-0.3, -0.25) is 4.57 Å². The third kappa shape index (κ3) is 4.84. The number of aromatic nitrogens is 8. The van der Waals surface area contributed by atoms with Crippen molar-refractivity contribution < 1.29 is 27.4 Å². The van der Waals surface area contributed by atoms with Crippen LogP contribution in [0.15, 0.2) is 36.9 Å². The molecule has 2 unspecified atom stereocenters. The molecule has 0 aliphatic heterocycles. The number of ether oxygens (including phenoxy) is 4. The van der Waals surface area contributed by atoms with Crippen molar-refractivity contribution in [1.82, 2.24) is 39.7 Å². The van der Waals surface area contributed by atoms with Crippen LogP contribution in [0.3, 0.4) is 0 Å². The van der Waals surface area contributed by atoms with Crippen molar-refractivity contribution >= 4 is 10.0 Å². The molecule has 39 heavy (non-hydrogen) atoms. The SMILES string of the molecule is COc1cccc(-c2nnc(C(OC)(c3ncc(C)cn3)C(C)S(N)(=O)=O)n2-c2c(OC)ncnc2OC)n1. The summed E-state index contributed by atoms with van der Waals surface area (Å²) in [5, 5.41) is 13.0. The van der Waals surface area contributed by atoms with Gasteiger partial charge in [0.1, 0.15) is 17.3 Å². The second-order valence-electron chi connectivity index (χ2n) is 8.24. The fourth-order valence-corrected chi connectivity index (χ4v) is 4.79. The van der Waals surface area contributed by atoms with Gasteiger partial charge in [0.25, 0.3) is 0 Å². The summed E-state index contributed by atoms with van der Waals surface area (Å²) in [6.07, 6.45) is 4.28. The van der Waals surface area contributed by atoms with Crippen molar-refractivity contribution in [2.45, 2.75) is 24.7 Å². The molecule has 0 saturated heterocycles. The second-order valence-corrected chi connectivity index (χ2v) is 10.1. The highest BCUT2D eigenvalue weighted by Crippen LogP contribution is 2.42. The van der Waals surface area contributed by atoms with Gasteiger partial charge < -0.3 is 18.9 Å². The minimum Gasteiger partial charge on any atom is -0.481 e. The summed E-state index contributed by atoms with van der Waals surface area (Å²) in [6.45, 7) is 3.15. The Balaban J connectivity index is 2.20. The standard InChI is InChI=1S/C23H27N9O6S/c1-13-10-25-21(26-11-13)23(38-6,14(2)39(24,33)34)22-31-30-18(15-8-7-9-16(29-15)35-3)32(22)17-19(36-4)27-12-28-20(17)37-5/h7-12,14H,1-6H3,(H2,24,33,34). The van der Waals surface area contributed by atoms with Crippen molar-refractivity contribution in [2.24, 2.45) is 5.14 Å². The predicted octanol–water partition coefficient (Wildman–Crippen LogP) is 0.811. The third-order valence-corrected chi connectivity index (χ3v) is 7.34. The molecule has 0 radical (unpaired) electrons. The molecule has 206 valence electrons. The fourth-order valence-electron chi connectivity index (χ4n) is 4.02. The fraction of sp³-hybridized carbons (Fsp3) is 0.348. The highest BCUT2D eigenvalue weighted by molar-refractivity contribution is 7.89. The summed E-state index contributed by atoms with van der Waals surface area (Å²) < 4.78 is 49.5. The predicted molar refractivity (Wildman–Crippen MR) is 137 cm³/mol. The molecule has 4 heterocycles. The molecule has 4 aromatic heterocycles. The number of aryl methyl sites for hydroxylation is 1. The summed E-state index contributed by atoms with van der Waals surface area (Å²) in [5.74, 6) is 0.428. The minimum absolute atomic E-state index is 0.0364.